The molecule has 6 aromatic rings. The molecule has 0 bridgehead atoms. The predicted molar refractivity (Wildman–Crippen MR) is 231 cm³/mol. The van der Waals surface area contributed by atoms with Crippen molar-refractivity contribution in [1.82, 2.24) is 30.2 Å². The number of nitrogens with two attached hydrogens (primary N) is 2. The molecule has 7 N–H and O–H groups in total. The van der Waals surface area contributed by atoms with E-state index in [4.69, 9.17) is 40.4 Å². The molecule has 16 nitrogen and oxygen atoms in total. The Balaban J connectivity index is 0.927. The number of methoxy groups -OCH3 is 3. The first kappa shape index (κ1) is 38.2. The van der Waals surface area contributed by atoms with Crippen molar-refractivity contribution in [3.63, 3.8) is 0 Å². The van der Waals surface area contributed by atoms with Gasteiger partial charge in [-0.2, -0.15) is 0 Å². The number of ether oxygens (including phenoxy) is 4. The fourth-order valence-corrected chi connectivity index (χ4v) is 9.55. The molecule has 2 unspecified atom stereocenters. The number of para-hydroxylation sites is 4. The number of carbonyl (C=O) groups excluding carboxylic acids is 2. The average Bonchev–Trinajstić information content (AvgIpc) is 4.13. The van der Waals surface area contributed by atoms with Crippen molar-refractivity contribution >= 4 is 56.2 Å². The second-order valence-electron chi connectivity index (χ2n) is 15.9. The molecule has 6 heterocycles. The van der Waals surface area contributed by atoms with Crippen molar-refractivity contribution in [2.75, 3.05) is 70.5 Å². The zero-order chi connectivity index (χ0) is 42.0. The Morgan fingerprint density at radius 2 is 1.18 bits per heavy atom. The maximum absolute atomic E-state index is 14.9. The minimum atomic E-state index is -1.04. The van der Waals surface area contributed by atoms with Crippen LogP contribution in [0, 0.1) is 0 Å². The summed E-state index contributed by atoms with van der Waals surface area (Å²) in [5.41, 5.74) is 17.1. The van der Waals surface area contributed by atoms with Gasteiger partial charge in [0.05, 0.1) is 54.8 Å². The van der Waals surface area contributed by atoms with E-state index in [1.807, 2.05) is 88.7 Å². The van der Waals surface area contributed by atoms with Gasteiger partial charge in [-0.1, -0.05) is 24.3 Å². The van der Waals surface area contributed by atoms with Crippen molar-refractivity contribution in [1.29, 1.82) is 0 Å². The zero-order valence-corrected chi connectivity index (χ0v) is 34.1. The van der Waals surface area contributed by atoms with E-state index in [9.17, 15) is 9.59 Å². The molecule has 2 saturated heterocycles. The number of H-pyrrole nitrogens is 2. The second kappa shape index (κ2) is 14.6. The molecule has 2 fully saturated rings. The monoisotopic (exact) mass is 822 g/mol. The molecule has 0 radical (unpaired) electrons. The van der Waals surface area contributed by atoms with Gasteiger partial charge in [-0.05, 0) is 43.7 Å². The van der Waals surface area contributed by atoms with E-state index in [0.717, 1.165) is 22.1 Å². The lowest BCUT2D eigenvalue weighted by molar-refractivity contribution is -0.118. The lowest BCUT2D eigenvalue weighted by atomic mass is 9.90. The van der Waals surface area contributed by atoms with Crippen LogP contribution in [0.4, 0.5) is 11.4 Å². The number of hydrogen-bond donors (Lipinski definition) is 5. The van der Waals surface area contributed by atoms with E-state index < -0.39 is 11.1 Å². The summed E-state index contributed by atoms with van der Waals surface area (Å²) in [6.07, 6.45) is 1.05. The van der Waals surface area contributed by atoms with Crippen LogP contribution in [0.5, 0.6) is 23.0 Å². The molecular weight excluding hydrogens is 777 g/mol. The highest BCUT2D eigenvalue weighted by molar-refractivity contribution is 6.31. The number of nitrogens with one attached hydrogen (secondary N) is 3. The first-order valence-corrected chi connectivity index (χ1v) is 20.2. The number of hydrogen-bond acceptors (Lipinski definition) is 14. The Bertz CT molecular complexity index is 2720. The lowest BCUT2D eigenvalue weighted by Crippen LogP contribution is -2.53. The Morgan fingerprint density at radius 1 is 0.672 bits per heavy atom. The minimum absolute atomic E-state index is 0.0937. The van der Waals surface area contributed by atoms with Crippen molar-refractivity contribution in [2.45, 2.75) is 23.9 Å². The Kier molecular flexibility index (Phi) is 9.14. The van der Waals surface area contributed by atoms with E-state index in [0.29, 0.717) is 121 Å². The third-order valence-corrected chi connectivity index (χ3v) is 12.5. The van der Waals surface area contributed by atoms with Gasteiger partial charge in [0, 0.05) is 62.6 Å². The number of imidazole rings is 2. The highest BCUT2D eigenvalue weighted by Gasteiger charge is 2.58. The molecule has 4 aliphatic rings. The maximum atomic E-state index is 14.9. The molecule has 0 aliphatic carbocycles. The number of ketones is 2. The van der Waals surface area contributed by atoms with Crippen LogP contribution >= 0.6 is 0 Å². The molecule has 4 aromatic carbocycles. The summed E-state index contributed by atoms with van der Waals surface area (Å²) in [5.74, 6) is 3.49. The molecule has 2 spiro atoms. The average molecular weight is 823 g/mol. The minimum Gasteiger partial charge on any atom is -0.497 e. The lowest BCUT2D eigenvalue weighted by Gasteiger charge is -2.36. The molecule has 2 atom stereocenters. The van der Waals surface area contributed by atoms with E-state index in [-0.39, 0.29) is 11.6 Å². The molecule has 16 heteroatoms. The quantitative estimate of drug-likeness (QED) is 0.125. The molecular formula is C45H46N10O6. The topological polar surface area (TPSA) is 202 Å². The standard InChI is InChI=1S/C45H46N10O6/c1-58-28-18-26(19-29(22-28)59-2)55-41(47)37(43-51-34-10-6-7-11-35(34)52-43)39(57)45(55)13-15-53(25-45)16-17-61-31-21-27(20-30(23-31)60-3)54-40(46)36(38(56)44(54)12-14-48-24-44)42-49-32-8-4-5-9-33(32)50-42/h4-11,18-23,48H,12-17,24-25,46-47H2,1-3H3,(H,49,50)(H,51,52). The smallest absolute Gasteiger partial charge is 0.197 e. The molecule has 2 aromatic heterocycles. The Morgan fingerprint density at radius 3 is 1.70 bits per heavy atom. The highest BCUT2D eigenvalue weighted by atomic mass is 16.5. The fraction of sp³-hybridized carbons (Fsp3) is 0.289. The molecule has 0 saturated carbocycles. The number of nitrogens with zero attached hydrogens (tertiary/aromatic N) is 5. The van der Waals surface area contributed by atoms with E-state index in [2.05, 4.69) is 20.2 Å². The van der Waals surface area contributed by atoms with Gasteiger partial charge in [-0.3, -0.25) is 14.5 Å². The van der Waals surface area contributed by atoms with Crippen molar-refractivity contribution in [2.24, 2.45) is 11.5 Å². The number of anilines is 2. The zero-order valence-electron chi connectivity index (χ0n) is 34.1. The second-order valence-corrected chi connectivity index (χ2v) is 15.9. The van der Waals surface area contributed by atoms with Gasteiger partial charge in [-0.25, -0.2) is 9.97 Å². The van der Waals surface area contributed by atoms with Gasteiger partial charge in [0.1, 0.15) is 75.1 Å². The van der Waals surface area contributed by atoms with Crippen LogP contribution in [0.2, 0.25) is 0 Å². The van der Waals surface area contributed by atoms with Crippen LogP contribution in [0.1, 0.15) is 24.5 Å². The largest absolute Gasteiger partial charge is 0.497 e. The van der Waals surface area contributed by atoms with Gasteiger partial charge in [-0.15, -0.1) is 0 Å². The maximum Gasteiger partial charge on any atom is 0.197 e. The third-order valence-electron chi connectivity index (χ3n) is 12.5. The summed E-state index contributed by atoms with van der Waals surface area (Å²) in [4.78, 5) is 51.5. The number of Topliss-reactive ketones (excluding diaryl/α,β-unsaturated/α-hetero) is 2. The molecule has 312 valence electrons. The summed E-state index contributed by atoms with van der Waals surface area (Å²) < 4.78 is 23.5. The number of carbonyl (C=O) groups is 2. The number of aromatic nitrogens is 4. The van der Waals surface area contributed by atoms with Crippen molar-refractivity contribution in [3.8, 4) is 23.0 Å². The van der Waals surface area contributed by atoms with Crippen molar-refractivity contribution in [3.05, 3.63) is 108 Å². The van der Waals surface area contributed by atoms with Crippen LogP contribution in [0.25, 0.3) is 33.2 Å². The highest BCUT2D eigenvalue weighted by Crippen LogP contribution is 2.48. The van der Waals surface area contributed by atoms with Gasteiger partial charge < -0.3 is 55.5 Å². The van der Waals surface area contributed by atoms with Gasteiger partial charge >= 0.3 is 0 Å². The summed E-state index contributed by atoms with van der Waals surface area (Å²) in [6.45, 7) is 2.85. The van der Waals surface area contributed by atoms with E-state index in [1.54, 1.807) is 27.4 Å². The summed E-state index contributed by atoms with van der Waals surface area (Å²) in [5, 5.41) is 3.38. The van der Waals surface area contributed by atoms with Crippen molar-refractivity contribution < 1.29 is 28.5 Å². The first-order chi connectivity index (χ1) is 29.7. The number of benzene rings is 4. The van der Waals surface area contributed by atoms with Crippen LogP contribution in [-0.4, -0.2) is 108 Å². The summed E-state index contributed by atoms with van der Waals surface area (Å²) in [7, 11) is 4.77. The van der Waals surface area contributed by atoms with Gasteiger partial charge in [0.15, 0.2) is 11.6 Å². The number of aromatic amines is 2. The molecule has 10 rings (SSSR count). The van der Waals surface area contributed by atoms with Gasteiger partial charge in [0.2, 0.25) is 0 Å². The Hall–Kier alpha value is -7.04. The Labute approximate surface area is 351 Å². The summed E-state index contributed by atoms with van der Waals surface area (Å²) >= 11 is 0. The number of likely N-dealkylation sites (tertiary alicyclic amines) is 1. The normalized spacial score (nSPS) is 21.8. The van der Waals surface area contributed by atoms with Crippen LogP contribution < -0.4 is 45.5 Å². The van der Waals surface area contributed by atoms with E-state index in [1.165, 1.54) is 0 Å². The first-order valence-electron chi connectivity index (χ1n) is 20.2. The molecule has 61 heavy (non-hydrogen) atoms. The van der Waals surface area contributed by atoms with Gasteiger partial charge in [0.25, 0.3) is 0 Å². The molecule has 4 aliphatic heterocycles. The SMILES string of the molecule is COc1cc(OCCN2CCC3(C2)C(=O)C(c2nc4ccccc4[nH]2)=C(N)N3c2cc(OC)cc(OC)c2)cc(N2C(N)=C(c3nc4ccccc4[nH]3)C(=O)C23CCNC3)c1. The van der Waals surface area contributed by atoms with Crippen LogP contribution in [0.15, 0.2) is 96.6 Å². The third kappa shape index (κ3) is 6.04. The number of rotatable bonds is 11. The van der Waals surface area contributed by atoms with Crippen LogP contribution in [0.3, 0.4) is 0 Å². The molecule has 0 amide bonds. The predicted octanol–water partition coefficient (Wildman–Crippen LogP) is 4.15. The van der Waals surface area contributed by atoms with Crippen LogP contribution in [-0.2, 0) is 9.59 Å². The van der Waals surface area contributed by atoms with E-state index >= 15 is 0 Å². The summed E-state index contributed by atoms with van der Waals surface area (Å²) in [6, 6.07) is 26.4. The number of fused-ring (bicyclic) bond motifs is 2. The fourth-order valence-electron chi connectivity index (χ4n) is 9.55.